The first kappa shape index (κ1) is 13.2. The summed E-state index contributed by atoms with van der Waals surface area (Å²) in [5.74, 6) is 0.654. The fourth-order valence-corrected chi connectivity index (χ4v) is 3.13. The molecule has 2 aliphatic heterocycles. The highest BCUT2D eigenvalue weighted by Crippen LogP contribution is 2.35. The number of ether oxygens (including phenoxy) is 1. The van der Waals surface area contributed by atoms with Gasteiger partial charge in [-0.25, -0.2) is 0 Å². The molecule has 3 N–H and O–H groups in total. The van der Waals surface area contributed by atoms with Gasteiger partial charge in [0.1, 0.15) is 0 Å². The minimum Gasteiger partial charge on any atom is -0.397 e. The van der Waals surface area contributed by atoms with E-state index in [2.05, 4.69) is 16.3 Å². The molecule has 0 aliphatic carbocycles. The number of rotatable bonds is 3. The molecule has 20 heavy (non-hydrogen) atoms. The average molecular weight is 275 g/mol. The molecule has 2 aliphatic rings. The maximum Gasteiger partial charge on any atom is 0.224 e. The van der Waals surface area contributed by atoms with Crippen LogP contribution >= 0.6 is 0 Å². The highest BCUT2D eigenvalue weighted by molar-refractivity contribution is 5.95. The zero-order valence-corrected chi connectivity index (χ0v) is 11.8. The Labute approximate surface area is 119 Å². The van der Waals surface area contributed by atoms with Crippen molar-refractivity contribution in [2.45, 2.75) is 19.3 Å². The third-order valence-electron chi connectivity index (χ3n) is 4.18. The van der Waals surface area contributed by atoms with Crippen molar-refractivity contribution in [2.75, 3.05) is 42.8 Å². The third-order valence-corrected chi connectivity index (χ3v) is 4.18. The van der Waals surface area contributed by atoms with Gasteiger partial charge >= 0.3 is 0 Å². The molecule has 108 valence electrons. The number of anilines is 3. The quantitative estimate of drug-likeness (QED) is 0.823. The van der Waals surface area contributed by atoms with Crippen molar-refractivity contribution in [1.29, 1.82) is 0 Å². The highest BCUT2D eigenvalue weighted by atomic mass is 16.5. The van der Waals surface area contributed by atoms with Crippen molar-refractivity contribution in [3.8, 4) is 0 Å². The molecule has 0 aromatic heterocycles. The minimum atomic E-state index is 0.0750. The van der Waals surface area contributed by atoms with Gasteiger partial charge in [-0.15, -0.1) is 0 Å². The summed E-state index contributed by atoms with van der Waals surface area (Å²) in [5.41, 5.74) is 10.1. The Kier molecular flexibility index (Phi) is 3.53. The van der Waals surface area contributed by atoms with Crippen LogP contribution in [0.4, 0.5) is 17.1 Å². The molecule has 1 amide bonds. The number of nitrogens with one attached hydrogen (secondary N) is 1. The summed E-state index contributed by atoms with van der Waals surface area (Å²) in [6, 6.07) is 4.03. The van der Waals surface area contributed by atoms with Gasteiger partial charge in [0.15, 0.2) is 0 Å². The lowest BCUT2D eigenvalue weighted by molar-refractivity contribution is -0.116. The monoisotopic (exact) mass is 275 g/mol. The van der Waals surface area contributed by atoms with E-state index in [1.807, 2.05) is 6.07 Å². The lowest BCUT2D eigenvalue weighted by Crippen LogP contribution is -2.24. The molecule has 0 spiro atoms. The van der Waals surface area contributed by atoms with Crippen molar-refractivity contribution < 1.29 is 9.53 Å². The first-order valence-electron chi connectivity index (χ1n) is 7.13. The Morgan fingerprint density at radius 3 is 3.10 bits per heavy atom. The average Bonchev–Trinajstić information content (AvgIpc) is 2.86. The van der Waals surface area contributed by atoms with E-state index >= 15 is 0 Å². The molecule has 5 heteroatoms. The second kappa shape index (κ2) is 5.32. The number of benzene rings is 1. The van der Waals surface area contributed by atoms with E-state index in [4.69, 9.17) is 10.5 Å². The minimum absolute atomic E-state index is 0.0750. The molecule has 5 nitrogen and oxygen atoms in total. The number of methoxy groups -OCH3 is 1. The van der Waals surface area contributed by atoms with Gasteiger partial charge in [0.05, 0.1) is 18.0 Å². The molecule has 0 saturated carbocycles. The summed E-state index contributed by atoms with van der Waals surface area (Å²) in [6.07, 6.45) is 2.49. The molecule has 3 rings (SSSR count). The smallest absolute Gasteiger partial charge is 0.224 e. The normalized spacial score (nSPS) is 21.8. The van der Waals surface area contributed by atoms with E-state index < -0.39 is 0 Å². The SMILES string of the molecule is COCC1CCN(c2cc3c(cc2N)NC(=O)CC3)C1. The molecule has 0 radical (unpaired) electrons. The van der Waals surface area contributed by atoms with Gasteiger partial charge in [0.25, 0.3) is 0 Å². The predicted octanol–water partition coefficient (Wildman–Crippen LogP) is 1.63. The molecule has 2 heterocycles. The van der Waals surface area contributed by atoms with Gasteiger partial charge in [0.2, 0.25) is 5.91 Å². The molecule has 1 unspecified atom stereocenters. The van der Waals surface area contributed by atoms with Gasteiger partial charge in [-0.2, -0.15) is 0 Å². The van der Waals surface area contributed by atoms with Crippen molar-refractivity contribution in [2.24, 2.45) is 5.92 Å². The van der Waals surface area contributed by atoms with E-state index in [-0.39, 0.29) is 5.91 Å². The second-order valence-corrected chi connectivity index (χ2v) is 5.67. The van der Waals surface area contributed by atoms with E-state index in [9.17, 15) is 4.79 Å². The maximum atomic E-state index is 11.4. The van der Waals surface area contributed by atoms with Crippen molar-refractivity contribution >= 4 is 23.0 Å². The van der Waals surface area contributed by atoms with Crippen molar-refractivity contribution in [3.63, 3.8) is 0 Å². The summed E-state index contributed by atoms with van der Waals surface area (Å²) in [5, 5.41) is 2.89. The summed E-state index contributed by atoms with van der Waals surface area (Å²) in [6.45, 7) is 2.81. The number of amides is 1. The Morgan fingerprint density at radius 1 is 1.45 bits per heavy atom. The number of carbonyl (C=O) groups is 1. The second-order valence-electron chi connectivity index (χ2n) is 5.67. The van der Waals surface area contributed by atoms with Crippen LogP contribution in [0, 0.1) is 5.92 Å². The lowest BCUT2D eigenvalue weighted by atomic mass is 10.0. The number of aryl methyl sites for hydroxylation is 1. The van der Waals surface area contributed by atoms with Crippen LogP contribution in [-0.2, 0) is 16.0 Å². The topological polar surface area (TPSA) is 67.6 Å². The van der Waals surface area contributed by atoms with Crippen LogP contribution in [0.2, 0.25) is 0 Å². The number of nitrogens with two attached hydrogens (primary N) is 1. The Morgan fingerprint density at radius 2 is 2.30 bits per heavy atom. The molecular weight excluding hydrogens is 254 g/mol. The van der Waals surface area contributed by atoms with Crippen molar-refractivity contribution in [3.05, 3.63) is 17.7 Å². The first-order chi connectivity index (χ1) is 9.67. The van der Waals surface area contributed by atoms with Crippen LogP contribution in [-0.4, -0.2) is 32.7 Å². The molecule has 1 fully saturated rings. The van der Waals surface area contributed by atoms with Gasteiger partial charge in [-0.1, -0.05) is 0 Å². The van der Waals surface area contributed by atoms with E-state index in [1.165, 1.54) is 5.56 Å². The van der Waals surface area contributed by atoms with Gasteiger partial charge in [-0.05, 0) is 30.5 Å². The Balaban J connectivity index is 1.82. The van der Waals surface area contributed by atoms with Crippen LogP contribution in [0.25, 0.3) is 0 Å². The number of nitrogen functional groups attached to an aromatic ring is 1. The number of fused-ring (bicyclic) bond motifs is 1. The number of hydrogen-bond donors (Lipinski definition) is 2. The van der Waals surface area contributed by atoms with Gasteiger partial charge in [-0.3, -0.25) is 4.79 Å². The summed E-state index contributed by atoms with van der Waals surface area (Å²) < 4.78 is 5.24. The number of hydrogen-bond acceptors (Lipinski definition) is 4. The van der Waals surface area contributed by atoms with E-state index in [0.29, 0.717) is 12.3 Å². The fourth-order valence-electron chi connectivity index (χ4n) is 3.13. The zero-order valence-electron chi connectivity index (χ0n) is 11.8. The zero-order chi connectivity index (χ0) is 14.1. The van der Waals surface area contributed by atoms with Crippen molar-refractivity contribution in [1.82, 2.24) is 0 Å². The van der Waals surface area contributed by atoms with E-state index in [0.717, 1.165) is 49.6 Å². The Hall–Kier alpha value is -1.75. The molecule has 1 aromatic rings. The highest BCUT2D eigenvalue weighted by Gasteiger charge is 2.25. The largest absolute Gasteiger partial charge is 0.397 e. The van der Waals surface area contributed by atoms with Gasteiger partial charge < -0.3 is 20.7 Å². The molecule has 1 saturated heterocycles. The maximum absolute atomic E-state index is 11.4. The fraction of sp³-hybridized carbons (Fsp3) is 0.533. The number of nitrogens with zero attached hydrogens (tertiary/aromatic N) is 1. The third kappa shape index (κ3) is 2.45. The van der Waals surface area contributed by atoms with Crippen LogP contribution in [0.3, 0.4) is 0 Å². The molecule has 1 atom stereocenters. The standard InChI is InChI=1S/C15H21N3O2/c1-20-9-10-4-5-18(8-10)14-6-11-2-3-15(19)17-13(11)7-12(14)16/h6-7,10H,2-5,8-9,16H2,1H3,(H,17,19). The van der Waals surface area contributed by atoms with E-state index in [1.54, 1.807) is 7.11 Å². The number of carbonyl (C=O) groups excluding carboxylic acids is 1. The van der Waals surface area contributed by atoms with Crippen LogP contribution in [0.15, 0.2) is 12.1 Å². The molecular formula is C15H21N3O2. The molecule has 0 bridgehead atoms. The molecule has 1 aromatic carbocycles. The van der Waals surface area contributed by atoms with Crippen LogP contribution in [0.1, 0.15) is 18.4 Å². The van der Waals surface area contributed by atoms with Gasteiger partial charge in [0, 0.05) is 38.2 Å². The summed E-state index contributed by atoms with van der Waals surface area (Å²) in [4.78, 5) is 13.7. The summed E-state index contributed by atoms with van der Waals surface area (Å²) >= 11 is 0. The first-order valence-corrected chi connectivity index (χ1v) is 7.13. The Bertz CT molecular complexity index is 530. The predicted molar refractivity (Wildman–Crippen MR) is 80.0 cm³/mol. The van der Waals surface area contributed by atoms with Crippen LogP contribution in [0.5, 0.6) is 0 Å². The summed E-state index contributed by atoms with van der Waals surface area (Å²) in [7, 11) is 1.75. The van der Waals surface area contributed by atoms with Crippen LogP contribution < -0.4 is 16.0 Å². The lowest BCUT2D eigenvalue weighted by Gasteiger charge is -2.25.